The number of rotatable bonds is 2. The van der Waals surface area contributed by atoms with Crippen LogP contribution in [0.25, 0.3) is 0 Å². The molecule has 19 heavy (non-hydrogen) atoms. The highest BCUT2D eigenvalue weighted by molar-refractivity contribution is 14.1. The smallest absolute Gasteiger partial charge is 0.478 e. The van der Waals surface area contributed by atoms with Gasteiger partial charge in [-0.05, 0) is 73.9 Å². The highest BCUT2D eigenvalue weighted by Gasteiger charge is 2.51. The van der Waals surface area contributed by atoms with Gasteiger partial charge in [0.25, 0.3) is 0 Å². The Kier molecular flexibility index (Phi) is 3.70. The first-order valence-electron chi connectivity index (χ1n) is 6.02. The number of benzene rings is 1. The Morgan fingerprint density at radius 1 is 1.16 bits per heavy atom. The standard InChI is InChI=1S/C13H16BIO4/c1-12(2)13(3,4)19-14(18-12)9-5-8(11(16)17)6-10(15)7-9/h5-7H,1-4H3,(H,16,17). The molecule has 1 aromatic carbocycles. The molecule has 1 heterocycles. The van der Waals surface area contributed by atoms with Gasteiger partial charge in [0, 0.05) is 3.57 Å². The largest absolute Gasteiger partial charge is 0.494 e. The summed E-state index contributed by atoms with van der Waals surface area (Å²) in [6.07, 6.45) is 0. The van der Waals surface area contributed by atoms with Crippen LogP contribution in [0.4, 0.5) is 0 Å². The second kappa shape index (κ2) is 4.75. The summed E-state index contributed by atoms with van der Waals surface area (Å²) in [5, 5.41) is 9.10. The second-order valence-electron chi connectivity index (χ2n) is 5.67. The third kappa shape index (κ3) is 2.80. The van der Waals surface area contributed by atoms with Crippen molar-refractivity contribution in [2.24, 2.45) is 0 Å². The molecule has 1 fully saturated rings. The summed E-state index contributed by atoms with van der Waals surface area (Å²) in [6, 6.07) is 5.11. The van der Waals surface area contributed by atoms with Crippen molar-refractivity contribution in [1.29, 1.82) is 0 Å². The molecule has 1 saturated heterocycles. The van der Waals surface area contributed by atoms with E-state index in [4.69, 9.17) is 14.4 Å². The first-order chi connectivity index (χ1) is 8.62. The van der Waals surface area contributed by atoms with Crippen molar-refractivity contribution in [2.45, 2.75) is 38.9 Å². The minimum Gasteiger partial charge on any atom is -0.478 e. The average molecular weight is 374 g/mol. The fourth-order valence-corrected chi connectivity index (χ4v) is 2.55. The van der Waals surface area contributed by atoms with Crippen LogP contribution in [0.2, 0.25) is 0 Å². The van der Waals surface area contributed by atoms with Gasteiger partial charge in [0.15, 0.2) is 0 Å². The van der Waals surface area contributed by atoms with Crippen LogP contribution in [-0.2, 0) is 9.31 Å². The van der Waals surface area contributed by atoms with Crippen molar-refractivity contribution in [3.8, 4) is 0 Å². The number of carboxylic acid groups (broad SMARTS) is 1. The lowest BCUT2D eigenvalue weighted by Crippen LogP contribution is -2.41. The minimum absolute atomic E-state index is 0.247. The van der Waals surface area contributed by atoms with E-state index in [2.05, 4.69) is 22.6 Å². The molecule has 0 spiro atoms. The molecule has 4 nitrogen and oxygen atoms in total. The number of hydrogen-bond donors (Lipinski definition) is 1. The van der Waals surface area contributed by atoms with Gasteiger partial charge in [-0.15, -0.1) is 0 Å². The molecule has 0 aromatic heterocycles. The van der Waals surface area contributed by atoms with Crippen LogP contribution in [0.15, 0.2) is 18.2 Å². The number of halogens is 1. The van der Waals surface area contributed by atoms with Crippen molar-refractivity contribution in [2.75, 3.05) is 0 Å². The summed E-state index contributed by atoms with van der Waals surface area (Å²) in [7, 11) is -0.530. The predicted molar refractivity (Wildman–Crippen MR) is 81.8 cm³/mol. The molecule has 0 saturated carbocycles. The summed E-state index contributed by atoms with van der Waals surface area (Å²) in [5.74, 6) is -0.948. The number of carbonyl (C=O) groups is 1. The van der Waals surface area contributed by atoms with Crippen molar-refractivity contribution < 1.29 is 19.2 Å². The van der Waals surface area contributed by atoms with E-state index in [0.717, 1.165) is 9.03 Å². The van der Waals surface area contributed by atoms with Crippen molar-refractivity contribution in [1.82, 2.24) is 0 Å². The molecule has 0 atom stereocenters. The molecule has 0 amide bonds. The van der Waals surface area contributed by atoms with Crippen LogP contribution >= 0.6 is 22.6 Å². The van der Waals surface area contributed by atoms with Crippen LogP contribution in [0.3, 0.4) is 0 Å². The van der Waals surface area contributed by atoms with Crippen molar-refractivity contribution in [3.05, 3.63) is 27.3 Å². The molecule has 1 aliphatic heterocycles. The highest BCUT2D eigenvalue weighted by Crippen LogP contribution is 2.36. The number of aromatic carboxylic acids is 1. The Balaban J connectivity index is 2.37. The van der Waals surface area contributed by atoms with Crippen LogP contribution in [0.5, 0.6) is 0 Å². The molecule has 2 rings (SSSR count). The fourth-order valence-electron chi connectivity index (χ4n) is 1.85. The van der Waals surface area contributed by atoms with Gasteiger partial charge in [-0.2, -0.15) is 0 Å². The lowest BCUT2D eigenvalue weighted by molar-refractivity contribution is 0.00578. The van der Waals surface area contributed by atoms with E-state index in [0.29, 0.717) is 0 Å². The van der Waals surface area contributed by atoms with Gasteiger partial charge in [0.1, 0.15) is 0 Å². The minimum atomic E-state index is -0.948. The van der Waals surface area contributed by atoms with Gasteiger partial charge >= 0.3 is 13.1 Å². The van der Waals surface area contributed by atoms with Gasteiger partial charge < -0.3 is 14.4 Å². The molecule has 0 aliphatic carbocycles. The van der Waals surface area contributed by atoms with Crippen molar-refractivity contribution >= 4 is 41.1 Å². The zero-order valence-corrected chi connectivity index (χ0v) is 13.5. The molecular formula is C13H16BIO4. The topological polar surface area (TPSA) is 55.8 Å². The van der Waals surface area contributed by atoms with E-state index < -0.39 is 24.3 Å². The monoisotopic (exact) mass is 374 g/mol. The molecule has 1 N–H and O–H groups in total. The summed E-state index contributed by atoms with van der Waals surface area (Å²) >= 11 is 2.09. The molecule has 6 heteroatoms. The SMILES string of the molecule is CC1(C)OB(c2cc(I)cc(C(=O)O)c2)OC1(C)C. The molecule has 1 aromatic rings. The fraction of sp³-hybridized carbons (Fsp3) is 0.462. The van der Waals surface area contributed by atoms with Crippen molar-refractivity contribution in [3.63, 3.8) is 0 Å². The third-order valence-corrected chi connectivity index (χ3v) is 4.32. The molecule has 102 valence electrons. The highest BCUT2D eigenvalue weighted by atomic mass is 127. The zero-order chi connectivity index (χ0) is 14.4. The average Bonchev–Trinajstić information content (AvgIpc) is 2.47. The van der Waals surface area contributed by atoms with Crippen LogP contribution < -0.4 is 5.46 Å². The van der Waals surface area contributed by atoms with Gasteiger partial charge in [-0.25, -0.2) is 4.79 Å². The Labute approximate surface area is 126 Å². The zero-order valence-electron chi connectivity index (χ0n) is 11.4. The third-order valence-electron chi connectivity index (χ3n) is 3.69. The van der Waals surface area contributed by atoms with E-state index in [1.165, 1.54) is 0 Å². The first kappa shape index (κ1) is 14.8. The Morgan fingerprint density at radius 3 is 2.16 bits per heavy atom. The molecule has 0 radical (unpaired) electrons. The van der Waals surface area contributed by atoms with E-state index in [1.807, 2.05) is 33.8 Å². The summed E-state index contributed by atoms with van der Waals surface area (Å²) < 4.78 is 12.7. The maximum atomic E-state index is 11.1. The maximum absolute atomic E-state index is 11.1. The molecular weight excluding hydrogens is 358 g/mol. The van der Waals surface area contributed by atoms with Gasteiger partial charge in [-0.3, -0.25) is 0 Å². The lowest BCUT2D eigenvalue weighted by atomic mass is 9.78. The molecule has 0 bridgehead atoms. The van der Waals surface area contributed by atoms with Crippen LogP contribution in [-0.4, -0.2) is 29.4 Å². The first-order valence-corrected chi connectivity index (χ1v) is 7.10. The predicted octanol–water partition coefficient (Wildman–Crippen LogP) is 2.29. The van der Waals surface area contributed by atoms with Crippen LogP contribution in [0, 0.1) is 3.57 Å². The molecule has 0 unspecified atom stereocenters. The Morgan fingerprint density at radius 2 is 1.68 bits per heavy atom. The Hall–Kier alpha value is -0.595. The summed E-state index contributed by atoms with van der Waals surface area (Å²) in [4.78, 5) is 11.1. The number of hydrogen-bond acceptors (Lipinski definition) is 3. The second-order valence-corrected chi connectivity index (χ2v) is 6.91. The van der Waals surface area contributed by atoms with E-state index in [1.54, 1.807) is 12.1 Å². The summed E-state index contributed by atoms with van der Waals surface area (Å²) in [5.41, 5.74) is 0.129. The van der Waals surface area contributed by atoms with E-state index >= 15 is 0 Å². The van der Waals surface area contributed by atoms with Crippen LogP contribution in [0.1, 0.15) is 38.1 Å². The maximum Gasteiger partial charge on any atom is 0.494 e. The summed E-state index contributed by atoms with van der Waals surface area (Å²) in [6.45, 7) is 7.88. The van der Waals surface area contributed by atoms with E-state index in [9.17, 15) is 4.79 Å². The Bertz CT molecular complexity index is 511. The normalized spacial score (nSPS) is 20.6. The van der Waals surface area contributed by atoms with Gasteiger partial charge in [0.2, 0.25) is 0 Å². The van der Waals surface area contributed by atoms with Gasteiger partial charge in [0.05, 0.1) is 16.8 Å². The number of carboxylic acids is 1. The molecule has 1 aliphatic rings. The van der Waals surface area contributed by atoms with E-state index in [-0.39, 0.29) is 5.56 Å². The lowest BCUT2D eigenvalue weighted by Gasteiger charge is -2.32. The quantitative estimate of drug-likeness (QED) is 0.638. The van der Waals surface area contributed by atoms with Gasteiger partial charge in [-0.1, -0.05) is 0 Å².